The fraction of sp³-hybridized carbons (Fsp3) is 0.500. The molecule has 2 rings (SSSR count). The normalized spacial score (nSPS) is 39.8. The van der Waals surface area contributed by atoms with Crippen LogP contribution in [0.1, 0.15) is 0 Å². The van der Waals surface area contributed by atoms with Crippen LogP contribution in [0.3, 0.4) is 0 Å². The summed E-state index contributed by atoms with van der Waals surface area (Å²) in [5.74, 6) is -0.0799. The molecule has 2 heterocycles. The summed E-state index contributed by atoms with van der Waals surface area (Å²) in [7, 11) is 0. The summed E-state index contributed by atoms with van der Waals surface area (Å²) in [5, 5.41) is 0. The van der Waals surface area contributed by atoms with E-state index < -0.39 is 6.29 Å². The smallest absolute Gasteiger partial charge is 0.222 e. The monoisotopic (exact) mass is 126 g/mol. The van der Waals surface area contributed by atoms with Crippen molar-refractivity contribution in [3.8, 4) is 0 Å². The first-order chi connectivity index (χ1) is 4.36. The van der Waals surface area contributed by atoms with Crippen LogP contribution in [0, 0.1) is 0 Å². The third kappa shape index (κ3) is 0.693. The number of ketones is 1. The molecule has 1 saturated heterocycles. The van der Waals surface area contributed by atoms with E-state index in [2.05, 4.69) is 0 Å². The molecule has 9 heavy (non-hydrogen) atoms. The van der Waals surface area contributed by atoms with Gasteiger partial charge in [0.15, 0.2) is 0 Å². The van der Waals surface area contributed by atoms with E-state index in [0.29, 0.717) is 6.61 Å². The molecule has 0 saturated carbocycles. The predicted molar refractivity (Wildman–Crippen MR) is 28.8 cm³/mol. The quantitative estimate of drug-likeness (QED) is 0.453. The number of fused-ring (bicyclic) bond motifs is 2. The molecule has 0 radical (unpaired) electrons. The van der Waals surface area contributed by atoms with Gasteiger partial charge in [-0.25, -0.2) is 0 Å². The Labute approximate surface area is 52.3 Å². The van der Waals surface area contributed by atoms with Crippen molar-refractivity contribution in [3.05, 3.63) is 12.2 Å². The van der Waals surface area contributed by atoms with Gasteiger partial charge in [-0.2, -0.15) is 0 Å². The molecule has 0 aromatic heterocycles. The summed E-state index contributed by atoms with van der Waals surface area (Å²) in [6.45, 7) is 0.521. The molecule has 2 aliphatic rings. The Morgan fingerprint density at radius 1 is 1.67 bits per heavy atom. The molecule has 2 atom stereocenters. The van der Waals surface area contributed by atoms with E-state index in [9.17, 15) is 4.79 Å². The van der Waals surface area contributed by atoms with Gasteiger partial charge in [0.25, 0.3) is 0 Å². The molecule has 2 aliphatic heterocycles. The molecule has 0 spiro atoms. The van der Waals surface area contributed by atoms with Crippen LogP contribution in [-0.4, -0.2) is 24.8 Å². The first-order valence-electron chi connectivity index (χ1n) is 2.85. The Bertz CT molecular complexity index is 173. The molecule has 0 aromatic carbocycles. The Kier molecular flexibility index (Phi) is 0.944. The fourth-order valence-corrected chi connectivity index (χ4v) is 0.950. The van der Waals surface area contributed by atoms with Gasteiger partial charge in [-0.3, -0.25) is 4.79 Å². The summed E-state index contributed by atoms with van der Waals surface area (Å²) >= 11 is 0. The molecule has 48 valence electrons. The van der Waals surface area contributed by atoms with Crippen LogP contribution in [0.4, 0.5) is 0 Å². The van der Waals surface area contributed by atoms with E-state index in [1.165, 1.54) is 6.08 Å². The number of hydrogen-bond acceptors (Lipinski definition) is 3. The minimum Gasteiger partial charge on any atom is -0.343 e. The van der Waals surface area contributed by atoms with Crippen molar-refractivity contribution in [1.82, 2.24) is 0 Å². The largest absolute Gasteiger partial charge is 0.343 e. The second kappa shape index (κ2) is 1.65. The van der Waals surface area contributed by atoms with Gasteiger partial charge in [-0.1, -0.05) is 0 Å². The van der Waals surface area contributed by atoms with Gasteiger partial charge in [-0.05, 0) is 12.2 Å². The SMILES string of the molecule is O=C1C=C[C@H]2CO[C@H]1O2. The zero-order valence-corrected chi connectivity index (χ0v) is 4.74. The summed E-state index contributed by atoms with van der Waals surface area (Å²) in [5.41, 5.74) is 0. The summed E-state index contributed by atoms with van der Waals surface area (Å²) in [6, 6.07) is 0. The lowest BCUT2D eigenvalue weighted by Crippen LogP contribution is -2.23. The van der Waals surface area contributed by atoms with Crippen molar-refractivity contribution >= 4 is 5.78 Å². The van der Waals surface area contributed by atoms with Gasteiger partial charge in [0.05, 0.1) is 6.61 Å². The fourth-order valence-electron chi connectivity index (χ4n) is 0.950. The van der Waals surface area contributed by atoms with Gasteiger partial charge >= 0.3 is 0 Å². The molecule has 0 aliphatic carbocycles. The van der Waals surface area contributed by atoms with Crippen LogP contribution in [0.2, 0.25) is 0 Å². The molecule has 1 fully saturated rings. The topological polar surface area (TPSA) is 35.5 Å². The highest BCUT2D eigenvalue weighted by atomic mass is 16.7. The Morgan fingerprint density at radius 2 is 2.56 bits per heavy atom. The maximum Gasteiger partial charge on any atom is 0.222 e. The third-order valence-electron chi connectivity index (χ3n) is 1.42. The van der Waals surface area contributed by atoms with E-state index in [4.69, 9.17) is 9.47 Å². The second-order valence-electron chi connectivity index (χ2n) is 2.10. The zero-order chi connectivity index (χ0) is 6.27. The molecule has 3 nitrogen and oxygen atoms in total. The average molecular weight is 126 g/mol. The van der Waals surface area contributed by atoms with Crippen LogP contribution in [0.25, 0.3) is 0 Å². The van der Waals surface area contributed by atoms with Gasteiger partial charge in [0.2, 0.25) is 12.1 Å². The minimum absolute atomic E-state index is 0.0210. The highest BCUT2D eigenvalue weighted by Crippen LogP contribution is 2.17. The van der Waals surface area contributed by atoms with Gasteiger partial charge in [-0.15, -0.1) is 0 Å². The van der Waals surface area contributed by atoms with Gasteiger partial charge in [0.1, 0.15) is 6.10 Å². The van der Waals surface area contributed by atoms with Crippen molar-refractivity contribution in [1.29, 1.82) is 0 Å². The van der Waals surface area contributed by atoms with Crippen molar-refractivity contribution in [2.75, 3.05) is 6.61 Å². The first-order valence-corrected chi connectivity index (χ1v) is 2.85. The molecular weight excluding hydrogens is 120 g/mol. The number of carbonyl (C=O) groups excluding carboxylic acids is 1. The molecular formula is C6H6O3. The van der Waals surface area contributed by atoms with Crippen LogP contribution in [0.5, 0.6) is 0 Å². The lowest BCUT2D eigenvalue weighted by Gasteiger charge is -2.09. The number of ether oxygens (including phenoxy) is 2. The van der Waals surface area contributed by atoms with Crippen molar-refractivity contribution < 1.29 is 14.3 Å². The van der Waals surface area contributed by atoms with Crippen LogP contribution in [0.15, 0.2) is 12.2 Å². The maximum atomic E-state index is 10.7. The standard InChI is InChI=1S/C6H6O3/c7-5-2-1-4-3-8-6(5)9-4/h1-2,4,6H,3H2/t4-,6-/m0/s1. The van der Waals surface area contributed by atoms with E-state index in [-0.39, 0.29) is 11.9 Å². The second-order valence-corrected chi connectivity index (χ2v) is 2.10. The van der Waals surface area contributed by atoms with Gasteiger partial charge in [0, 0.05) is 0 Å². The minimum atomic E-state index is -0.597. The molecule has 0 aromatic rings. The first kappa shape index (κ1) is 5.14. The molecule has 0 amide bonds. The van der Waals surface area contributed by atoms with E-state index in [1.54, 1.807) is 6.08 Å². The highest BCUT2D eigenvalue weighted by Gasteiger charge is 2.32. The van der Waals surface area contributed by atoms with E-state index in [1.807, 2.05) is 0 Å². The molecule has 0 unspecified atom stereocenters. The van der Waals surface area contributed by atoms with Crippen LogP contribution in [-0.2, 0) is 14.3 Å². The average Bonchev–Trinajstić information content (AvgIpc) is 2.25. The summed E-state index contributed by atoms with van der Waals surface area (Å²) < 4.78 is 10.0. The Morgan fingerprint density at radius 3 is 3.33 bits per heavy atom. The number of carbonyl (C=O) groups is 1. The molecule has 2 bridgehead atoms. The van der Waals surface area contributed by atoms with E-state index in [0.717, 1.165) is 0 Å². The summed E-state index contributed by atoms with van der Waals surface area (Å²) in [4.78, 5) is 10.7. The van der Waals surface area contributed by atoms with E-state index >= 15 is 0 Å². The number of hydrogen-bond donors (Lipinski definition) is 0. The van der Waals surface area contributed by atoms with Crippen molar-refractivity contribution in [2.45, 2.75) is 12.4 Å². The lowest BCUT2D eigenvalue weighted by atomic mass is 10.2. The highest BCUT2D eigenvalue weighted by molar-refractivity contribution is 5.93. The van der Waals surface area contributed by atoms with Crippen LogP contribution >= 0.6 is 0 Å². The Balaban J connectivity index is 2.29. The van der Waals surface area contributed by atoms with Crippen molar-refractivity contribution in [2.24, 2.45) is 0 Å². The van der Waals surface area contributed by atoms with Crippen LogP contribution < -0.4 is 0 Å². The Hall–Kier alpha value is -0.670. The maximum absolute atomic E-state index is 10.7. The molecule has 3 heteroatoms. The molecule has 0 N–H and O–H groups in total. The van der Waals surface area contributed by atoms with Crippen molar-refractivity contribution in [3.63, 3.8) is 0 Å². The third-order valence-corrected chi connectivity index (χ3v) is 1.42. The zero-order valence-electron chi connectivity index (χ0n) is 4.74. The lowest BCUT2D eigenvalue weighted by molar-refractivity contribution is -0.141. The predicted octanol–water partition coefficient (Wildman–Crippen LogP) is -0.133. The van der Waals surface area contributed by atoms with Gasteiger partial charge < -0.3 is 9.47 Å². The summed E-state index contributed by atoms with van der Waals surface area (Å²) in [6.07, 6.45) is 2.67. The number of rotatable bonds is 0.